The molecule has 1 fully saturated rings. The summed E-state index contributed by atoms with van der Waals surface area (Å²) in [6, 6.07) is 18.6. The number of rotatable bonds is 5. The molecule has 0 spiro atoms. The minimum Gasteiger partial charge on any atom is -0.378 e. The fourth-order valence-corrected chi connectivity index (χ4v) is 2.61. The van der Waals surface area contributed by atoms with Gasteiger partial charge in [0.05, 0.1) is 6.04 Å². The SMILES string of the molecule is CNC(=O)c1ccc(NC(c2ccccc2)C2CC2)cc1. The van der Waals surface area contributed by atoms with Gasteiger partial charge in [0.25, 0.3) is 5.91 Å². The Labute approximate surface area is 125 Å². The fourth-order valence-electron chi connectivity index (χ4n) is 2.61. The highest BCUT2D eigenvalue weighted by Crippen LogP contribution is 2.42. The maximum atomic E-state index is 11.6. The third kappa shape index (κ3) is 3.24. The van der Waals surface area contributed by atoms with Crippen LogP contribution in [0.25, 0.3) is 0 Å². The number of hydrogen-bond donors (Lipinski definition) is 2. The van der Waals surface area contributed by atoms with Crippen LogP contribution in [0, 0.1) is 5.92 Å². The first-order valence-corrected chi connectivity index (χ1v) is 7.41. The van der Waals surface area contributed by atoms with E-state index in [1.54, 1.807) is 7.05 Å². The normalized spacial score (nSPS) is 15.3. The van der Waals surface area contributed by atoms with Crippen molar-refractivity contribution in [1.29, 1.82) is 0 Å². The Hall–Kier alpha value is -2.29. The predicted molar refractivity (Wildman–Crippen MR) is 85.4 cm³/mol. The van der Waals surface area contributed by atoms with Gasteiger partial charge in [0, 0.05) is 18.3 Å². The van der Waals surface area contributed by atoms with Crippen LogP contribution in [0.15, 0.2) is 54.6 Å². The summed E-state index contributed by atoms with van der Waals surface area (Å²) in [5.74, 6) is 0.661. The van der Waals surface area contributed by atoms with Gasteiger partial charge in [0.1, 0.15) is 0 Å². The minimum absolute atomic E-state index is 0.0525. The van der Waals surface area contributed by atoms with E-state index in [1.807, 2.05) is 30.3 Å². The smallest absolute Gasteiger partial charge is 0.251 e. The summed E-state index contributed by atoms with van der Waals surface area (Å²) < 4.78 is 0. The van der Waals surface area contributed by atoms with Crippen LogP contribution in [0.5, 0.6) is 0 Å². The lowest BCUT2D eigenvalue weighted by Gasteiger charge is -2.20. The molecule has 3 heteroatoms. The number of carbonyl (C=O) groups excluding carboxylic acids is 1. The molecule has 3 rings (SSSR count). The average molecular weight is 280 g/mol. The van der Waals surface area contributed by atoms with Crippen molar-refractivity contribution < 1.29 is 4.79 Å². The summed E-state index contributed by atoms with van der Waals surface area (Å²) in [6.07, 6.45) is 2.56. The molecule has 1 saturated carbocycles. The van der Waals surface area contributed by atoms with Crippen molar-refractivity contribution in [2.24, 2.45) is 5.92 Å². The number of amides is 1. The molecule has 0 saturated heterocycles. The van der Waals surface area contributed by atoms with Crippen LogP contribution in [0.1, 0.15) is 34.8 Å². The Kier molecular flexibility index (Phi) is 3.91. The summed E-state index contributed by atoms with van der Waals surface area (Å²) in [5.41, 5.74) is 3.07. The largest absolute Gasteiger partial charge is 0.378 e. The van der Waals surface area contributed by atoms with E-state index in [0.717, 1.165) is 5.69 Å². The van der Waals surface area contributed by atoms with E-state index in [9.17, 15) is 4.79 Å². The molecule has 1 aliphatic rings. The summed E-state index contributed by atoms with van der Waals surface area (Å²) in [5, 5.41) is 6.25. The van der Waals surface area contributed by atoms with Gasteiger partial charge in [0.2, 0.25) is 0 Å². The van der Waals surface area contributed by atoms with Gasteiger partial charge in [-0.2, -0.15) is 0 Å². The zero-order chi connectivity index (χ0) is 14.7. The van der Waals surface area contributed by atoms with Crippen LogP contribution >= 0.6 is 0 Å². The monoisotopic (exact) mass is 280 g/mol. The van der Waals surface area contributed by atoms with E-state index in [1.165, 1.54) is 18.4 Å². The van der Waals surface area contributed by atoms with Crippen molar-refractivity contribution in [3.8, 4) is 0 Å². The van der Waals surface area contributed by atoms with E-state index < -0.39 is 0 Å². The topological polar surface area (TPSA) is 41.1 Å². The van der Waals surface area contributed by atoms with Crippen molar-refractivity contribution in [3.05, 3.63) is 65.7 Å². The van der Waals surface area contributed by atoms with Gasteiger partial charge in [-0.05, 0) is 48.6 Å². The van der Waals surface area contributed by atoms with E-state index in [-0.39, 0.29) is 5.91 Å². The first-order valence-electron chi connectivity index (χ1n) is 7.41. The van der Waals surface area contributed by atoms with E-state index >= 15 is 0 Å². The minimum atomic E-state index is -0.0525. The molecule has 108 valence electrons. The Morgan fingerprint density at radius 1 is 1.05 bits per heavy atom. The molecule has 2 aromatic rings. The molecule has 0 heterocycles. The zero-order valence-electron chi connectivity index (χ0n) is 12.2. The predicted octanol–water partition coefficient (Wildman–Crippen LogP) is 3.61. The first kappa shape index (κ1) is 13.7. The highest BCUT2D eigenvalue weighted by molar-refractivity contribution is 5.94. The molecule has 0 radical (unpaired) electrons. The summed E-state index contributed by atoms with van der Waals surface area (Å²) in [7, 11) is 1.65. The molecule has 1 aliphatic carbocycles. The zero-order valence-corrected chi connectivity index (χ0v) is 12.2. The molecular formula is C18H20N2O. The van der Waals surface area contributed by atoms with Gasteiger partial charge in [-0.3, -0.25) is 4.79 Å². The number of benzene rings is 2. The number of carbonyl (C=O) groups is 1. The molecule has 2 N–H and O–H groups in total. The second kappa shape index (κ2) is 6.00. The average Bonchev–Trinajstić information content (AvgIpc) is 3.38. The lowest BCUT2D eigenvalue weighted by Crippen LogP contribution is -2.18. The number of nitrogens with one attached hydrogen (secondary N) is 2. The van der Waals surface area contributed by atoms with Crippen LogP contribution < -0.4 is 10.6 Å². The maximum Gasteiger partial charge on any atom is 0.251 e. The molecule has 21 heavy (non-hydrogen) atoms. The molecule has 1 atom stereocenters. The summed E-state index contributed by atoms with van der Waals surface area (Å²) in [4.78, 5) is 11.6. The molecule has 2 aromatic carbocycles. The van der Waals surface area contributed by atoms with Gasteiger partial charge >= 0.3 is 0 Å². The molecule has 1 amide bonds. The number of anilines is 1. The fraction of sp³-hybridized carbons (Fsp3) is 0.278. The highest BCUT2D eigenvalue weighted by Gasteiger charge is 2.32. The van der Waals surface area contributed by atoms with E-state index in [2.05, 4.69) is 34.9 Å². The first-order chi connectivity index (χ1) is 10.3. The van der Waals surface area contributed by atoms with Crippen molar-refractivity contribution >= 4 is 11.6 Å². The third-order valence-electron chi connectivity index (χ3n) is 3.95. The van der Waals surface area contributed by atoms with Gasteiger partial charge in [-0.15, -0.1) is 0 Å². The van der Waals surface area contributed by atoms with Gasteiger partial charge < -0.3 is 10.6 Å². The Bertz CT molecular complexity index is 603. The second-order valence-electron chi connectivity index (χ2n) is 5.53. The molecule has 0 aliphatic heterocycles. The maximum absolute atomic E-state index is 11.6. The molecule has 3 nitrogen and oxygen atoms in total. The Morgan fingerprint density at radius 3 is 2.29 bits per heavy atom. The standard InChI is InChI=1S/C18H20N2O/c1-19-18(21)15-9-11-16(12-10-15)20-17(14-7-8-14)13-5-3-2-4-6-13/h2-6,9-12,14,17,20H,7-8H2,1H3,(H,19,21). The van der Waals surface area contributed by atoms with Gasteiger partial charge in [-0.1, -0.05) is 30.3 Å². The van der Waals surface area contributed by atoms with E-state index in [4.69, 9.17) is 0 Å². The number of hydrogen-bond acceptors (Lipinski definition) is 2. The summed E-state index contributed by atoms with van der Waals surface area (Å²) >= 11 is 0. The van der Waals surface area contributed by atoms with Crippen molar-refractivity contribution in [1.82, 2.24) is 5.32 Å². The van der Waals surface area contributed by atoms with Crippen LogP contribution in [-0.4, -0.2) is 13.0 Å². The third-order valence-corrected chi connectivity index (χ3v) is 3.95. The van der Waals surface area contributed by atoms with Crippen LogP contribution in [-0.2, 0) is 0 Å². The van der Waals surface area contributed by atoms with Crippen LogP contribution in [0.4, 0.5) is 5.69 Å². The van der Waals surface area contributed by atoms with Gasteiger partial charge in [-0.25, -0.2) is 0 Å². The van der Waals surface area contributed by atoms with Crippen molar-refractivity contribution in [2.75, 3.05) is 12.4 Å². The van der Waals surface area contributed by atoms with Gasteiger partial charge in [0.15, 0.2) is 0 Å². The molecule has 1 unspecified atom stereocenters. The Morgan fingerprint density at radius 2 is 1.71 bits per heavy atom. The quantitative estimate of drug-likeness (QED) is 0.878. The second-order valence-corrected chi connectivity index (χ2v) is 5.53. The highest BCUT2D eigenvalue weighted by atomic mass is 16.1. The van der Waals surface area contributed by atoms with E-state index in [0.29, 0.717) is 17.5 Å². The van der Waals surface area contributed by atoms with Crippen molar-refractivity contribution in [3.63, 3.8) is 0 Å². The Balaban J connectivity index is 1.76. The molecule has 0 aromatic heterocycles. The summed E-state index contributed by atoms with van der Waals surface area (Å²) in [6.45, 7) is 0. The molecule has 0 bridgehead atoms. The lowest BCUT2D eigenvalue weighted by atomic mass is 10.0. The van der Waals surface area contributed by atoms with Crippen LogP contribution in [0.2, 0.25) is 0 Å². The lowest BCUT2D eigenvalue weighted by molar-refractivity contribution is 0.0963. The van der Waals surface area contributed by atoms with Crippen LogP contribution in [0.3, 0.4) is 0 Å². The molecular weight excluding hydrogens is 260 g/mol. The van der Waals surface area contributed by atoms with Crippen molar-refractivity contribution in [2.45, 2.75) is 18.9 Å².